The molecule has 0 spiro atoms. The van der Waals surface area contributed by atoms with Crippen molar-refractivity contribution < 1.29 is 9.53 Å². The number of hydrogen-bond donors (Lipinski definition) is 1. The number of ether oxygens (including phenoxy) is 1. The van der Waals surface area contributed by atoms with Gasteiger partial charge in [0.05, 0.1) is 0 Å². The third-order valence-corrected chi connectivity index (χ3v) is 4.37. The Balaban J connectivity index is 1.92. The maximum atomic E-state index is 11.9. The minimum absolute atomic E-state index is 0.00395. The summed E-state index contributed by atoms with van der Waals surface area (Å²) in [5.74, 6) is 1.79. The van der Waals surface area contributed by atoms with E-state index >= 15 is 0 Å². The molecule has 1 aliphatic heterocycles. The average Bonchev–Trinajstić information content (AvgIpc) is 2.70. The lowest BCUT2D eigenvalue weighted by Crippen LogP contribution is -2.53. The van der Waals surface area contributed by atoms with Crippen molar-refractivity contribution in [3.63, 3.8) is 0 Å². The number of hydrogen-bond acceptors (Lipinski definition) is 5. The molecule has 27 heavy (non-hydrogen) atoms. The molecule has 0 saturated carbocycles. The van der Waals surface area contributed by atoms with Crippen LogP contribution in [0.5, 0.6) is 0 Å². The molecular formula is C19H32N6O2. The number of carbonyl (C=O) groups is 1. The molecule has 2 heterocycles. The van der Waals surface area contributed by atoms with Crippen LogP contribution in [0, 0.1) is 0 Å². The molecule has 1 aliphatic rings. The van der Waals surface area contributed by atoms with Gasteiger partial charge < -0.3 is 24.8 Å². The molecule has 150 valence electrons. The SMILES string of the molecule is CCOCCCNC(=NCC(=O)N(C)C)N1CCN(c2ccccn2)CC1. The van der Waals surface area contributed by atoms with E-state index in [2.05, 4.69) is 25.1 Å². The van der Waals surface area contributed by atoms with Crippen molar-refractivity contribution >= 4 is 17.7 Å². The van der Waals surface area contributed by atoms with Crippen LogP contribution >= 0.6 is 0 Å². The lowest BCUT2D eigenvalue weighted by molar-refractivity contribution is -0.127. The van der Waals surface area contributed by atoms with Crippen molar-refractivity contribution in [1.29, 1.82) is 0 Å². The van der Waals surface area contributed by atoms with Crippen molar-refractivity contribution in [2.75, 3.05) is 71.5 Å². The van der Waals surface area contributed by atoms with Crippen LogP contribution in [-0.2, 0) is 9.53 Å². The van der Waals surface area contributed by atoms with Gasteiger partial charge in [-0.25, -0.2) is 9.98 Å². The monoisotopic (exact) mass is 376 g/mol. The second-order valence-corrected chi connectivity index (χ2v) is 6.57. The summed E-state index contributed by atoms with van der Waals surface area (Å²) in [5, 5.41) is 3.39. The molecule has 1 saturated heterocycles. The fourth-order valence-corrected chi connectivity index (χ4v) is 2.76. The van der Waals surface area contributed by atoms with Crippen LogP contribution < -0.4 is 10.2 Å². The summed E-state index contributed by atoms with van der Waals surface area (Å²) in [7, 11) is 3.50. The summed E-state index contributed by atoms with van der Waals surface area (Å²) in [6, 6.07) is 5.97. The van der Waals surface area contributed by atoms with Gasteiger partial charge >= 0.3 is 0 Å². The highest BCUT2D eigenvalue weighted by molar-refractivity contribution is 5.85. The first-order chi connectivity index (χ1) is 13.1. The molecule has 0 bridgehead atoms. The van der Waals surface area contributed by atoms with Gasteiger partial charge in [0.1, 0.15) is 12.4 Å². The molecule has 1 N–H and O–H groups in total. The molecule has 8 nitrogen and oxygen atoms in total. The minimum atomic E-state index is -0.00395. The Morgan fingerprint density at radius 1 is 1.30 bits per heavy atom. The number of nitrogens with one attached hydrogen (secondary N) is 1. The molecule has 0 unspecified atom stereocenters. The van der Waals surface area contributed by atoms with Gasteiger partial charge in [0, 0.05) is 66.2 Å². The fourth-order valence-electron chi connectivity index (χ4n) is 2.76. The molecule has 1 aromatic rings. The zero-order valence-electron chi connectivity index (χ0n) is 16.7. The van der Waals surface area contributed by atoms with Crippen molar-refractivity contribution in [2.45, 2.75) is 13.3 Å². The van der Waals surface area contributed by atoms with Gasteiger partial charge in [0.25, 0.3) is 0 Å². The van der Waals surface area contributed by atoms with Crippen molar-refractivity contribution in [3.8, 4) is 0 Å². The van der Waals surface area contributed by atoms with E-state index in [4.69, 9.17) is 4.74 Å². The van der Waals surface area contributed by atoms with E-state index in [1.54, 1.807) is 19.0 Å². The summed E-state index contributed by atoms with van der Waals surface area (Å²) in [4.78, 5) is 26.9. The van der Waals surface area contributed by atoms with Crippen molar-refractivity contribution in [1.82, 2.24) is 20.1 Å². The first-order valence-corrected chi connectivity index (χ1v) is 9.59. The van der Waals surface area contributed by atoms with E-state index in [1.165, 1.54) is 0 Å². The van der Waals surface area contributed by atoms with E-state index in [-0.39, 0.29) is 12.5 Å². The first kappa shape index (κ1) is 21.0. The Kier molecular flexibility index (Phi) is 8.83. The van der Waals surface area contributed by atoms with Gasteiger partial charge in [-0.3, -0.25) is 4.79 Å². The second-order valence-electron chi connectivity index (χ2n) is 6.57. The summed E-state index contributed by atoms with van der Waals surface area (Å²) >= 11 is 0. The molecule has 0 atom stereocenters. The van der Waals surface area contributed by atoms with Crippen LogP contribution in [0.1, 0.15) is 13.3 Å². The highest BCUT2D eigenvalue weighted by Crippen LogP contribution is 2.12. The van der Waals surface area contributed by atoms with Gasteiger partial charge in [-0.15, -0.1) is 0 Å². The van der Waals surface area contributed by atoms with Crippen LogP contribution in [0.3, 0.4) is 0 Å². The average molecular weight is 377 g/mol. The Hall–Kier alpha value is -2.35. The Morgan fingerprint density at radius 2 is 2.07 bits per heavy atom. The van der Waals surface area contributed by atoms with Crippen LogP contribution in [0.4, 0.5) is 5.82 Å². The third kappa shape index (κ3) is 7.05. The molecular weight excluding hydrogens is 344 g/mol. The number of rotatable bonds is 8. The zero-order valence-corrected chi connectivity index (χ0v) is 16.7. The van der Waals surface area contributed by atoms with Gasteiger partial charge in [-0.2, -0.15) is 0 Å². The quantitative estimate of drug-likeness (QED) is 0.408. The molecule has 1 fully saturated rings. The number of guanidine groups is 1. The van der Waals surface area contributed by atoms with Crippen LogP contribution in [0.2, 0.25) is 0 Å². The summed E-state index contributed by atoms with van der Waals surface area (Å²) in [6.45, 7) is 7.80. The lowest BCUT2D eigenvalue weighted by Gasteiger charge is -2.37. The maximum absolute atomic E-state index is 11.9. The highest BCUT2D eigenvalue weighted by atomic mass is 16.5. The van der Waals surface area contributed by atoms with E-state index < -0.39 is 0 Å². The van der Waals surface area contributed by atoms with E-state index in [0.717, 1.165) is 64.1 Å². The number of amides is 1. The fraction of sp³-hybridized carbons (Fsp3) is 0.632. The smallest absolute Gasteiger partial charge is 0.243 e. The van der Waals surface area contributed by atoms with Gasteiger partial charge in [0.15, 0.2) is 5.96 Å². The van der Waals surface area contributed by atoms with Crippen molar-refractivity contribution in [3.05, 3.63) is 24.4 Å². The number of pyridine rings is 1. The Bertz CT molecular complexity index is 585. The van der Waals surface area contributed by atoms with E-state index in [9.17, 15) is 4.79 Å². The van der Waals surface area contributed by atoms with Gasteiger partial charge in [0.2, 0.25) is 5.91 Å². The van der Waals surface area contributed by atoms with E-state index in [1.807, 2.05) is 31.3 Å². The molecule has 8 heteroatoms. The van der Waals surface area contributed by atoms with Crippen LogP contribution in [-0.4, -0.2) is 93.2 Å². The van der Waals surface area contributed by atoms with Crippen molar-refractivity contribution in [2.24, 2.45) is 4.99 Å². The predicted molar refractivity (Wildman–Crippen MR) is 108 cm³/mol. The van der Waals surface area contributed by atoms with Gasteiger partial charge in [-0.05, 0) is 25.5 Å². The topological polar surface area (TPSA) is 73.3 Å². The molecule has 0 aliphatic carbocycles. The summed E-state index contributed by atoms with van der Waals surface area (Å²) < 4.78 is 5.39. The highest BCUT2D eigenvalue weighted by Gasteiger charge is 2.20. The molecule has 0 aromatic carbocycles. The largest absolute Gasteiger partial charge is 0.382 e. The standard InChI is InChI=1S/C19H32N6O2/c1-4-27-15-7-10-21-19(22-16-18(26)23(2)3)25-13-11-24(12-14-25)17-8-5-6-9-20-17/h5-6,8-9H,4,7,10-16H2,1-3H3,(H,21,22). The minimum Gasteiger partial charge on any atom is -0.382 e. The predicted octanol–water partition coefficient (Wildman–Crippen LogP) is 0.664. The second kappa shape index (κ2) is 11.4. The Labute approximate surface area is 162 Å². The molecule has 2 rings (SSSR count). The zero-order chi connectivity index (χ0) is 19.5. The number of likely N-dealkylation sites (N-methyl/N-ethyl adjacent to an activating group) is 1. The van der Waals surface area contributed by atoms with E-state index in [0.29, 0.717) is 0 Å². The molecule has 1 aromatic heterocycles. The normalized spacial score (nSPS) is 15.0. The number of anilines is 1. The lowest BCUT2D eigenvalue weighted by atomic mass is 10.3. The molecule has 0 radical (unpaired) electrons. The number of aromatic nitrogens is 1. The number of aliphatic imine (C=N–C) groups is 1. The third-order valence-electron chi connectivity index (χ3n) is 4.37. The number of piperazine rings is 1. The number of nitrogens with zero attached hydrogens (tertiary/aromatic N) is 5. The van der Waals surface area contributed by atoms with Gasteiger partial charge in [-0.1, -0.05) is 6.07 Å². The Morgan fingerprint density at radius 3 is 2.70 bits per heavy atom. The maximum Gasteiger partial charge on any atom is 0.243 e. The molecule has 1 amide bonds. The van der Waals surface area contributed by atoms with Crippen LogP contribution in [0.25, 0.3) is 0 Å². The first-order valence-electron chi connectivity index (χ1n) is 9.59. The number of carbonyl (C=O) groups excluding carboxylic acids is 1. The summed E-state index contributed by atoms with van der Waals surface area (Å²) in [6.07, 6.45) is 2.73. The summed E-state index contributed by atoms with van der Waals surface area (Å²) in [5.41, 5.74) is 0. The van der Waals surface area contributed by atoms with Crippen LogP contribution in [0.15, 0.2) is 29.4 Å².